The lowest BCUT2D eigenvalue weighted by molar-refractivity contribution is 0.372. The Kier molecular flexibility index (Phi) is 3.87. The minimum atomic E-state index is 0.680. The summed E-state index contributed by atoms with van der Waals surface area (Å²) in [7, 11) is 0. The van der Waals surface area contributed by atoms with Crippen LogP contribution in [0.1, 0.15) is 24.3 Å². The van der Waals surface area contributed by atoms with Crippen LogP contribution in [0, 0.1) is 6.92 Å². The van der Waals surface area contributed by atoms with Gasteiger partial charge in [0.05, 0.1) is 5.69 Å². The minimum absolute atomic E-state index is 0.680. The predicted molar refractivity (Wildman–Crippen MR) is 62.3 cm³/mol. The minimum Gasteiger partial charge on any atom is -0.339 e. The van der Waals surface area contributed by atoms with Crippen LogP contribution >= 0.6 is 0 Å². The molecule has 92 valence electrons. The van der Waals surface area contributed by atoms with Gasteiger partial charge in [0.15, 0.2) is 5.82 Å². The summed E-state index contributed by atoms with van der Waals surface area (Å²) in [6.07, 6.45) is 2.57. The molecule has 0 aliphatic carbocycles. The van der Waals surface area contributed by atoms with E-state index in [0.717, 1.165) is 26.1 Å². The molecule has 6 nitrogen and oxygen atoms in total. The third kappa shape index (κ3) is 3.13. The van der Waals surface area contributed by atoms with Crippen molar-refractivity contribution in [1.82, 2.24) is 25.2 Å². The van der Waals surface area contributed by atoms with Crippen LogP contribution in [0.25, 0.3) is 0 Å². The first kappa shape index (κ1) is 11.8. The van der Waals surface area contributed by atoms with Crippen LogP contribution in [-0.4, -0.2) is 26.5 Å². The lowest BCUT2D eigenvalue weighted by Gasteiger charge is -2.05. The first-order valence-electron chi connectivity index (χ1n) is 5.80. The van der Waals surface area contributed by atoms with Gasteiger partial charge in [-0.2, -0.15) is 10.1 Å². The molecule has 0 atom stereocenters. The van der Waals surface area contributed by atoms with Crippen molar-refractivity contribution in [3.63, 3.8) is 0 Å². The molecule has 0 saturated heterocycles. The van der Waals surface area contributed by atoms with Gasteiger partial charge in [0.2, 0.25) is 5.89 Å². The Morgan fingerprint density at radius 1 is 1.47 bits per heavy atom. The van der Waals surface area contributed by atoms with Gasteiger partial charge in [0, 0.05) is 32.3 Å². The largest absolute Gasteiger partial charge is 0.339 e. The monoisotopic (exact) mass is 235 g/mol. The van der Waals surface area contributed by atoms with E-state index in [1.54, 1.807) is 0 Å². The Morgan fingerprint density at radius 2 is 2.35 bits per heavy atom. The zero-order chi connectivity index (χ0) is 12.1. The summed E-state index contributed by atoms with van der Waals surface area (Å²) in [6, 6.07) is 2.02. The molecule has 0 amide bonds. The van der Waals surface area contributed by atoms with E-state index < -0.39 is 0 Å². The Hall–Kier alpha value is -1.69. The topological polar surface area (TPSA) is 68.8 Å². The SMILES string of the molecule is CCn1nccc1CNCCc1nc(C)no1. The number of hydrogen-bond donors (Lipinski definition) is 1. The van der Waals surface area contributed by atoms with Crippen LogP contribution in [0.3, 0.4) is 0 Å². The summed E-state index contributed by atoms with van der Waals surface area (Å²) in [6.45, 7) is 6.42. The Balaban J connectivity index is 1.73. The second-order valence-corrected chi connectivity index (χ2v) is 3.80. The van der Waals surface area contributed by atoms with Crippen molar-refractivity contribution in [3.8, 4) is 0 Å². The highest BCUT2D eigenvalue weighted by atomic mass is 16.5. The fraction of sp³-hybridized carbons (Fsp3) is 0.545. The van der Waals surface area contributed by atoms with Crippen molar-refractivity contribution in [2.75, 3.05) is 6.54 Å². The number of nitrogens with one attached hydrogen (secondary N) is 1. The molecule has 0 spiro atoms. The quantitative estimate of drug-likeness (QED) is 0.754. The first-order valence-corrected chi connectivity index (χ1v) is 5.80. The van der Waals surface area contributed by atoms with E-state index in [2.05, 4.69) is 27.5 Å². The van der Waals surface area contributed by atoms with E-state index in [1.165, 1.54) is 5.69 Å². The second-order valence-electron chi connectivity index (χ2n) is 3.80. The lowest BCUT2D eigenvalue weighted by Crippen LogP contribution is -2.19. The molecule has 0 fully saturated rings. The van der Waals surface area contributed by atoms with E-state index >= 15 is 0 Å². The van der Waals surface area contributed by atoms with Gasteiger partial charge < -0.3 is 9.84 Å². The third-order valence-electron chi connectivity index (χ3n) is 2.50. The lowest BCUT2D eigenvalue weighted by atomic mass is 10.3. The summed E-state index contributed by atoms with van der Waals surface area (Å²) in [5, 5.41) is 11.3. The van der Waals surface area contributed by atoms with E-state index in [0.29, 0.717) is 11.7 Å². The van der Waals surface area contributed by atoms with Gasteiger partial charge in [-0.15, -0.1) is 0 Å². The molecular weight excluding hydrogens is 218 g/mol. The Bertz CT molecular complexity index is 462. The van der Waals surface area contributed by atoms with Crippen molar-refractivity contribution in [2.24, 2.45) is 0 Å². The molecule has 6 heteroatoms. The van der Waals surface area contributed by atoms with Crippen LogP contribution in [0.2, 0.25) is 0 Å². The predicted octanol–water partition coefficient (Wildman–Crippen LogP) is 0.927. The number of nitrogens with zero attached hydrogens (tertiary/aromatic N) is 4. The maximum Gasteiger partial charge on any atom is 0.227 e. The van der Waals surface area contributed by atoms with Crippen molar-refractivity contribution in [2.45, 2.75) is 33.4 Å². The Morgan fingerprint density at radius 3 is 3.06 bits per heavy atom. The van der Waals surface area contributed by atoms with Crippen molar-refractivity contribution in [3.05, 3.63) is 29.7 Å². The Labute approximate surface area is 100 Å². The highest BCUT2D eigenvalue weighted by Gasteiger charge is 2.03. The van der Waals surface area contributed by atoms with Crippen LogP contribution in [0.15, 0.2) is 16.8 Å². The number of aromatic nitrogens is 4. The zero-order valence-corrected chi connectivity index (χ0v) is 10.2. The van der Waals surface area contributed by atoms with Gasteiger partial charge in [0.1, 0.15) is 0 Å². The van der Waals surface area contributed by atoms with Gasteiger partial charge in [-0.3, -0.25) is 4.68 Å². The highest BCUT2D eigenvalue weighted by Crippen LogP contribution is 1.99. The maximum atomic E-state index is 5.03. The van der Waals surface area contributed by atoms with Gasteiger partial charge in [0.25, 0.3) is 0 Å². The van der Waals surface area contributed by atoms with Crippen molar-refractivity contribution < 1.29 is 4.52 Å². The molecule has 0 aliphatic rings. The average Bonchev–Trinajstić information content (AvgIpc) is 2.93. The summed E-state index contributed by atoms with van der Waals surface area (Å²) in [4.78, 5) is 4.14. The molecule has 0 unspecified atom stereocenters. The normalized spacial score (nSPS) is 10.9. The van der Waals surface area contributed by atoms with E-state index in [4.69, 9.17) is 4.52 Å². The number of aryl methyl sites for hydroxylation is 2. The molecule has 2 aromatic heterocycles. The van der Waals surface area contributed by atoms with Gasteiger partial charge in [-0.25, -0.2) is 0 Å². The summed E-state index contributed by atoms with van der Waals surface area (Å²) < 4.78 is 7.00. The maximum absolute atomic E-state index is 5.03. The first-order chi connectivity index (χ1) is 8.29. The molecule has 2 heterocycles. The van der Waals surface area contributed by atoms with Crippen molar-refractivity contribution >= 4 is 0 Å². The summed E-state index contributed by atoms with van der Waals surface area (Å²) >= 11 is 0. The second kappa shape index (κ2) is 5.58. The molecule has 0 aromatic carbocycles. The van der Waals surface area contributed by atoms with Crippen LogP contribution in [0.5, 0.6) is 0 Å². The van der Waals surface area contributed by atoms with E-state index in [-0.39, 0.29) is 0 Å². The molecule has 2 aromatic rings. The molecule has 1 N–H and O–H groups in total. The molecular formula is C11H17N5O. The van der Waals surface area contributed by atoms with E-state index in [1.807, 2.05) is 23.9 Å². The summed E-state index contributed by atoms with van der Waals surface area (Å²) in [5.41, 5.74) is 1.19. The van der Waals surface area contributed by atoms with Gasteiger partial charge in [-0.05, 0) is 19.9 Å². The number of rotatable bonds is 6. The van der Waals surface area contributed by atoms with E-state index in [9.17, 15) is 0 Å². The third-order valence-corrected chi connectivity index (χ3v) is 2.50. The molecule has 2 rings (SSSR count). The number of hydrogen-bond acceptors (Lipinski definition) is 5. The van der Waals surface area contributed by atoms with Crippen molar-refractivity contribution in [1.29, 1.82) is 0 Å². The molecule has 0 aliphatic heterocycles. The van der Waals surface area contributed by atoms with Crippen LogP contribution in [0.4, 0.5) is 0 Å². The molecule has 17 heavy (non-hydrogen) atoms. The fourth-order valence-electron chi connectivity index (χ4n) is 1.65. The standard InChI is InChI=1S/C11H17N5O/c1-3-16-10(4-7-13-16)8-12-6-5-11-14-9(2)15-17-11/h4,7,12H,3,5-6,8H2,1-2H3. The molecule has 0 saturated carbocycles. The van der Waals surface area contributed by atoms with Crippen LogP contribution < -0.4 is 5.32 Å². The smallest absolute Gasteiger partial charge is 0.227 e. The van der Waals surface area contributed by atoms with Gasteiger partial charge in [-0.1, -0.05) is 5.16 Å². The molecule has 0 bridgehead atoms. The van der Waals surface area contributed by atoms with Gasteiger partial charge >= 0.3 is 0 Å². The van der Waals surface area contributed by atoms with Crippen LogP contribution in [-0.2, 0) is 19.5 Å². The zero-order valence-electron chi connectivity index (χ0n) is 10.2. The average molecular weight is 235 g/mol. The molecule has 0 radical (unpaired) electrons. The summed E-state index contributed by atoms with van der Waals surface area (Å²) in [5.74, 6) is 1.36. The fourth-order valence-corrected chi connectivity index (χ4v) is 1.65. The highest BCUT2D eigenvalue weighted by molar-refractivity contribution is 4.99.